The van der Waals surface area contributed by atoms with Gasteiger partial charge in [0.25, 0.3) is 0 Å². The summed E-state index contributed by atoms with van der Waals surface area (Å²) in [6.07, 6.45) is 1.85. The summed E-state index contributed by atoms with van der Waals surface area (Å²) in [5, 5.41) is 6.66. The molecule has 0 radical (unpaired) electrons. The van der Waals surface area contributed by atoms with E-state index in [-0.39, 0.29) is 0 Å². The molecule has 0 saturated carbocycles. The van der Waals surface area contributed by atoms with Crippen molar-refractivity contribution in [1.82, 2.24) is 15.6 Å². The Morgan fingerprint density at radius 3 is 3.05 bits per heavy atom. The van der Waals surface area contributed by atoms with Gasteiger partial charge in [-0.25, -0.2) is 4.98 Å². The molecule has 0 aromatic carbocycles. The average Bonchev–Trinajstić information content (AvgIpc) is 2.92. The number of aliphatic imine (C=N–C) groups is 1. The molecule has 2 aliphatic rings. The molecule has 108 valence electrons. The number of aromatic nitrogens is 1. The maximum Gasteiger partial charge on any atom is 0.191 e. The van der Waals surface area contributed by atoms with Crippen molar-refractivity contribution in [3.05, 3.63) is 23.9 Å². The zero-order valence-corrected chi connectivity index (χ0v) is 11.8. The molecular weight excluding hydrogens is 254 g/mol. The molecule has 2 aliphatic heterocycles. The maximum atomic E-state index is 5.40. The van der Waals surface area contributed by atoms with E-state index in [9.17, 15) is 0 Å². The van der Waals surface area contributed by atoms with Gasteiger partial charge in [-0.1, -0.05) is 6.07 Å². The van der Waals surface area contributed by atoms with Crippen molar-refractivity contribution in [2.45, 2.75) is 19.5 Å². The first-order valence-corrected chi connectivity index (χ1v) is 7.14. The van der Waals surface area contributed by atoms with Gasteiger partial charge >= 0.3 is 0 Å². The van der Waals surface area contributed by atoms with Gasteiger partial charge in [0.05, 0.1) is 19.8 Å². The van der Waals surface area contributed by atoms with Crippen LogP contribution in [0.2, 0.25) is 0 Å². The number of nitrogens with zero attached hydrogens (tertiary/aromatic N) is 3. The van der Waals surface area contributed by atoms with Crippen LogP contribution in [0.5, 0.6) is 0 Å². The fraction of sp³-hybridized carbons (Fsp3) is 0.571. The van der Waals surface area contributed by atoms with Gasteiger partial charge in [0, 0.05) is 37.4 Å². The molecule has 0 spiro atoms. The van der Waals surface area contributed by atoms with Crippen molar-refractivity contribution in [2.24, 2.45) is 4.99 Å². The predicted molar refractivity (Wildman–Crippen MR) is 79.0 cm³/mol. The molecule has 3 heterocycles. The van der Waals surface area contributed by atoms with Gasteiger partial charge in [-0.2, -0.15) is 0 Å². The van der Waals surface area contributed by atoms with Gasteiger partial charge in [0.2, 0.25) is 0 Å². The minimum atomic E-state index is 0.421. The number of nitrogens with one attached hydrogen (secondary N) is 2. The number of pyridine rings is 1. The lowest BCUT2D eigenvalue weighted by atomic mass is 10.2. The predicted octanol–water partition coefficient (Wildman–Crippen LogP) is 0.356. The molecule has 1 atom stereocenters. The number of anilines is 1. The smallest absolute Gasteiger partial charge is 0.191 e. The van der Waals surface area contributed by atoms with Crippen molar-refractivity contribution >= 4 is 11.8 Å². The Labute approximate surface area is 119 Å². The van der Waals surface area contributed by atoms with Crippen LogP contribution in [0.1, 0.15) is 12.5 Å². The molecule has 0 aliphatic carbocycles. The fourth-order valence-electron chi connectivity index (χ4n) is 2.47. The average molecular weight is 275 g/mol. The summed E-state index contributed by atoms with van der Waals surface area (Å²) in [6, 6.07) is 4.52. The number of morpholine rings is 1. The molecule has 3 rings (SSSR count). The highest BCUT2D eigenvalue weighted by molar-refractivity contribution is 5.81. The first-order valence-electron chi connectivity index (χ1n) is 7.14. The molecule has 1 aromatic rings. The quantitative estimate of drug-likeness (QED) is 0.834. The van der Waals surface area contributed by atoms with Crippen LogP contribution in [-0.4, -0.2) is 49.8 Å². The zero-order chi connectivity index (χ0) is 13.8. The van der Waals surface area contributed by atoms with Gasteiger partial charge in [0.1, 0.15) is 5.82 Å². The van der Waals surface area contributed by atoms with Gasteiger partial charge in [-0.3, -0.25) is 4.99 Å². The number of rotatable bonds is 3. The Kier molecular flexibility index (Phi) is 4.01. The van der Waals surface area contributed by atoms with Gasteiger partial charge in [-0.05, 0) is 13.0 Å². The Hall–Kier alpha value is -1.82. The number of guanidine groups is 1. The molecule has 1 unspecified atom stereocenters. The van der Waals surface area contributed by atoms with Crippen molar-refractivity contribution in [3.8, 4) is 0 Å². The molecule has 1 fully saturated rings. The zero-order valence-electron chi connectivity index (χ0n) is 11.8. The Balaban J connectivity index is 1.66. The largest absolute Gasteiger partial charge is 0.378 e. The van der Waals surface area contributed by atoms with E-state index in [0.29, 0.717) is 6.04 Å². The lowest BCUT2D eigenvalue weighted by Crippen LogP contribution is -2.39. The third-order valence-corrected chi connectivity index (χ3v) is 3.53. The van der Waals surface area contributed by atoms with E-state index in [4.69, 9.17) is 4.74 Å². The summed E-state index contributed by atoms with van der Waals surface area (Å²) in [4.78, 5) is 11.2. The van der Waals surface area contributed by atoms with Gasteiger partial charge < -0.3 is 20.3 Å². The highest BCUT2D eigenvalue weighted by Gasteiger charge is 2.17. The van der Waals surface area contributed by atoms with Crippen molar-refractivity contribution < 1.29 is 4.74 Å². The van der Waals surface area contributed by atoms with Crippen LogP contribution in [0.3, 0.4) is 0 Å². The summed E-state index contributed by atoms with van der Waals surface area (Å²) >= 11 is 0. The lowest BCUT2D eigenvalue weighted by Gasteiger charge is -2.29. The first-order chi connectivity index (χ1) is 9.83. The summed E-state index contributed by atoms with van der Waals surface area (Å²) in [5.41, 5.74) is 1.19. The number of hydrogen-bond acceptors (Lipinski definition) is 6. The highest BCUT2D eigenvalue weighted by Crippen LogP contribution is 2.18. The third kappa shape index (κ3) is 3.01. The van der Waals surface area contributed by atoms with Crippen LogP contribution < -0.4 is 15.5 Å². The molecular formula is C14H21N5O. The minimum Gasteiger partial charge on any atom is -0.378 e. The molecule has 6 nitrogen and oxygen atoms in total. The SMILES string of the molecule is CC1CN=C(NCc2cccnc2N2CCOCC2)N1. The topological polar surface area (TPSA) is 61.8 Å². The van der Waals surface area contributed by atoms with Crippen molar-refractivity contribution in [1.29, 1.82) is 0 Å². The second kappa shape index (κ2) is 6.09. The van der Waals surface area contributed by atoms with Crippen LogP contribution in [0.25, 0.3) is 0 Å². The van der Waals surface area contributed by atoms with Crippen LogP contribution in [0.15, 0.2) is 23.3 Å². The normalized spacial score (nSPS) is 22.4. The van der Waals surface area contributed by atoms with Gasteiger partial charge in [-0.15, -0.1) is 0 Å². The van der Waals surface area contributed by atoms with Crippen molar-refractivity contribution in [3.63, 3.8) is 0 Å². The van der Waals surface area contributed by atoms with E-state index in [1.165, 1.54) is 5.56 Å². The van der Waals surface area contributed by atoms with E-state index in [0.717, 1.165) is 51.2 Å². The second-order valence-corrected chi connectivity index (χ2v) is 5.17. The van der Waals surface area contributed by atoms with Crippen molar-refractivity contribution in [2.75, 3.05) is 37.7 Å². The minimum absolute atomic E-state index is 0.421. The molecule has 0 amide bonds. The van der Waals surface area contributed by atoms with Crippen LogP contribution in [-0.2, 0) is 11.3 Å². The summed E-state index contributed by atoms with van der Waals surface area (Å²) in [7, 11) is 0. The standard InChI is InChI=1S/C14H21N5O/c1-11-9-16-14(18-11)17-10-12-3-2-4-15-13(12)19-5-7-20-8-6-19/h2-4,11H,5-10H2,1H3,(H2,16,17,18). The molecule has 1 saturated heterocycles. The first kappa shape index (κ1) is 13.2. The van der Waals surface area contributed by atoms with E-state index in [1.54, 1.807) is 0 Å². The third-order valence-electron chi connectivity index (χ3n) is 3.53. The highest BCUT2D eigenvalue weighted by atomic mass is 16.5. The second-order valence-electron chi connectivity index (χ2n) is 5.17. The molecule has 6 heteroatoms. The van der Waals surface area contributed by atoms with Gasteiger partial charge in [0.15, 0.2) is 5.96 Å². The molecule has 0 bridgehead atoms. The number of ether oxygens (including phenoxy) is 1. The summed E-state index contributed by atoms with van der Waals surface area (Å²) in [6.45, 7) is 7.05. The van der Waals surface area contributed by atoms with Crippen LogP contribution >= 0.6 is 0 Å². The maximum absolute atomic E-state index is 5.40. The summed E-state index contributed by atoms with van der Waals surface area (Å²) < 4.78 is 5.40. The summed E-state index contributed by atoms with van der Waals surface area (Å²) in [5.74, 6) is 1.93. The Morgan fingerprint density at radius 1 is 1.45 bits per heavy atom. The van der Waals surface area contributed by atoms with Crippen LogP contribution in [0, 0.1) is 0 Å². The van der Waals surface area contributed by atoms with E-state index in [1.807, 2.05) is 12.3 Å². The Morgan fingerprint density at radius 2 is 2.30 bits per heavy atom. The Bertz CT molecular complexity index is 484. The number of hydrogen-bond donors (Lipinski definition) is 2. The van der Waals surface area contributed by atoms with Crippen LogP contribution in [0.4, 0.5) is 5.82 Å². The molecule has 1 aromatic heterocycles. The monoisotopic (exact) mass is 275 g/mol. The molecule has 2 N–H and O–H groups in total. The van der Waals surface area contributed by atoms with E-state index in [2.05, 4.69) is 38.5 Å². The lowest BCUT2D eigenvalue weighted by molar-refractivity contribution is 0.122. The molecule has 20 heavy (non-hydrogen) atoms. The fourth-order valence-corrected chi connectivity index (χ4v) is 2.47. The van der Waals surface area contributed by atoms with E-state index >= 15 is 0 Å². The van der Waals surface area contributed by atoms with E-state index < -0.39 is 0 Å².